The van der Waals surface area contributed by atoms with Crippen molar-refractivity contribution in [2.24, 2.45) is 0 Å². The lowest BCUT2D eigenvalue weighted by atomic mass is 10.2. The van der Waals surface area contributed by atoms with Crippen molar-refractivity contribution in [3.63, 3.8) is 0 Å². The zero-order chi connectivity index (χ0) is 14.1. The van der Waals surface area contributed by atoms with E-state index in [2.05, 4.69) is 10.1 Å². The molecule has 0 atom stereocenters. The maximum atomic E-state index is 6.13. The van der Waals surface area contributed by atoms with Crippen LogP contribution in [0.2, 0.25) is 10.0 Å². The van der Waals surface area contributed by atoms with Crippen molar-refractivity contribution in [2.45, 2.75) is 0 Å². The molecule has 0 aliphatic carbocycles. The van der Waals surface area contributed by atoms with Gasteiger partial charge in [0.25, 0.3) is 5.89 Å². The highest BCUT2D eigenvalue weighted by Crippen LogP contribution is 2.32. The maximum Gasteiger partial charge on any atom is 0.258 e. The first-order valence-corrected chi connectivity index (χ1v) is 6.55. The lowest BCUT2D eigenvalue weighted by Crippen LogP contribution is -1.86. The van der Waals surface area contributed by atoms with Crippen LogP contribution in [0.1, 0.15) is 0 Å². The summed E-state index contributed by atoms with van der Waals surface area (Å²) in [5.74, 6) is 0.762. The molecule has 2 aromatic carbocycles. The Labute approximate surface area is 125 Å². The van der Waals surface area contributed by atoms with Gasteiger partial charge in [-0.3, -0.25) is 0 Å². The van der Waals surface area contributed by atoms with E-state index in [4.69, 9.17) is 33.5 Å². The van der Waals surface area contributed by atoms with Gasteiger partial charge in [0.1, 0.15) is 0 Å². The fourth-order valence-electron chi connectivity index (χ4n) is 1.80. The zero-order valence-electron chi connectivity index (χ0n) is 10.2. The lowest BCUT2D eigenvalue weighted by molar-refractivity contribution is 0.432. The minimum absolute atomic E-state index is 0.378. The molecule has 0 radical (unpaired) electrons. The molecule has 0 aliphatic heterocycles. The molecule has 3 aromatic rings. The lowest BCUT2D eigenvalue weighted by Gasteiger charge is -1.99. The van der Waals surface area contributed by atoms with Crippen LogP contribution in [0, 0.1) is 0 Å². The predicted octanol–water partition coefficient (Wildman–Crippen LogP) is 4.29. The Morgan fingerprint density at radius 3 is 2.65 bits per heavy atom. The van der Waals surface area contributed by atoms with Gasteiger partial charge in [-0.15, -0.1) is 0 Å². The number of aromatic nitrogens is 2. The van der Waals surface area contributed by atoms with Gasteiger partial charge in [-0.1, -0.05) is 40.5 Å². The first-order chi connectivity index (χ1) is 9.65. The third kappa shape index (κ3) is 2.35. The number of rotatable bonds is 2. The van der Waals surface area contributed by atoms with Crippen molar-refractivity contribution in [3.05, 3.63) is 52.5 Å². The zero-order valence-corrected chi connectivity index (χ0v) is 11.7. The van der Waals surface area contributed by atoms with Crippen molar-refractivity contribution in [1.82, 2.24) is 10.1 Å². The van der Waals surface area contributed by atoms with E-state index in [-0.39, 0.29) is 0 Å². The number of benzene rings is 2. The molecule has 100 valence electrons. The Bertz CT molecular complexity index is 771. The molecule has 0 spiro atoms. The summed E-state index contributed by atoms with van der Waals surface area (Å²) in [7, 11) is 0. The van der Waals surface area contributed by atoms with Gasteiger partial charge >= 0.3 is 0 Å². The van der Waals surface area contributed by atoms with Crippen LogP contribution < -0.4 is 5.73 Å². The average molecular weight is 306 g/mol. The Balaban J connectivity index is 2.04. The van der Waals surface area contributed by atoms with Gasteiger partial charge in [-0.2, -0.15) is 4.98 Å². The summed E-state index contributed by atoms with van der Waals surface area (Å²) in [4.78, 5) is 4.32. The number of halogens is 2. The van der Waals surface area contributed by atoms with Crippen LogP contribution in [0.3, 0.4) is 0 Å². The van der Waals surface area contributed by atoms with Crippen LogP contribution in [0.5, 0.6) is 0 Å². The first kappa shape index (κ1) is 13.0. The van der Waals surface area contributed by atoms with E-state index in [1.807, 2.05) is 12.1 Å². The number of nitrogens with zero attached hydrogens (tertiary/aromatic N) is 2. The number of hydrogen-bond donors (Lipinski definition) is 1. The predicted molar refractivity (Wildman–Crippen MR) is 79.6 cm³/mol. The maximum absolute atomic E-state index is 6.13. The molecule has 1 heterocycles. The van der Waals surface area contributed by atoms with Gasteiger partial charge in [0, 0.05) is 16.8 Å². The van der Waals surface area contributed by atoms with Gasteiger partial charge < -0.3 is 10.3 Å². The molecule has 3 rings (SSSR count). The second kappa shape index (κ2) is 5.15. The largest absolute Gasteiger partial charge is 0.399 e. The highest BCUT2D eigenvalue weighted by atomic mass is 35.5. The summed E-state index contributed by atoms with van der Waals surface area (Å²) in [5, 5.41) is 4.77. The minimum Gasteiger partial charge on any atom is -0.399 e. The summed E-state index contributed by atoms with van der Waals surface area (Å²) < 4.78 is 5.24. The molecule has 0 aliphatic rings. The van der Waals surface area contributed by atoms with Crippen LogP contribution >= 0.6 is 23.2 Å². The van der Waals surface area contributed by atoms with E-state index in [0.29, 0.717) is 33.0 Å². The fourth-order valence-corrected chi connectivity index (χ4v) is 2.18. The molecule has 0 amide bonds. The van der Waals surface area contributed by atoms with Crippen LogP contribution in [-0.2, 0) is 0 Å². The Morgan fingerprint density at radius 2 is 1.85 bits per heavy atom. The summed E-state index contributed by atoms with van der Waals surface area (Å²) in [6.07, 6.45) is 0. The molecule has 0 saturated carbocycles. The smallest absolute Gasteiger partial charge is 0.258 e. The molecule has 0 fully saturated rings. The average Bonchev–Trinajstić information content (AvgIpc) is 2.91. The van der Waals surface area contributed by atoms with E-state index in [9.17, 15) is 0 Å². The van der Waals surface area contributed by atoms with E-state index in [1.54, 1.807) is 30.3 Å². The van der Waals surface area contributed by atoms with Crippen LogP contribution in [0.25, 0.3) is 22.8 Å². The molecule has 20 heavy (non-hydrogen) atoms. The summed E-state index contributed by atoms with van der Waals surface area (Å²) in [6, 6.07) is 12.5. The van der Waals surface area contributed by atoms with Crippen LogP contribution in [0.4, 0.5) is 5.69 Å². The third-order valence-corrected chi connectivity index (χ3v) is 3.57. The molecular weight excluding hydrogens is 297 g/mol. The number of hydrogen-bond acceptors (Lipinski definition) is 4. The van der Waals surface area contributed by atoms with Crippen LogP contribution in [-0.4, -0.2) is 10.1 Å². The molecule has 2 N–H and O–H groups in total. The van der Waals surface area contributed by atoms with Crippen molar-refractivity contribution >= 4 is 28.9 Å². The topological polar surface area (TPSA) is 64.9 Å². The summed E-state index contributed by atoms with van der Waals surface area (Å²) >= 11 is 12.1. The van der Waals surface area contributed by atoms with Gasteiger partial charge in [0.05, 0.1) is 10.0 Å². The third-order valence-electron chi connectivity index (χ3n) is 2.75. The van der Waals surface area contributed by atoms with Crippen molar-refractivity contribution in [2.75, 3.05) is 5.73 Å². The molecular formula is C14H9Cl2N3O. The summed E-state index contributed by atoms with van der Waals surface area (Å²) in [5.41, 5.74) is 7.73. The molecule has 0 bridgehead atoms. The molecule has 4 nitrogen and oxygen atoms in total. The fraction of sp³-hybridized carbons (Fsp3) is 0. The van der Waals surface area contributed by atoms with Gasteiger partial charge in [-0.25, -0.2) is 0 Å². The van der Waals surface area contributed by atoms with Crippen LogP contribution in [0.15, 0.2) is 47.0 Å². The molecule has 0 unspecified atom stereocenters. The Kier molecular flexibility index (Phi) is 3.34. The monoisotopic (exact) mass is 305 g/mol. The van der Waals surface area contributed by atoms with Gasteiger partial charge in [0.2, 0.25) is 5.82 Å². The number of nitrogens with two attached hydrogens (primary N) is 1. The normalized spacial score (nSPS) is 10.7. The van der Waals surface area contributed by atoms with Gasteiger partial charge in [0.15, 0.2) is 0 Å². The SMILES string of the molecule is Nc1cccc(-c2nc(-c3cccc(Cl)c3Cl)no2)c1. The highest BCUT2D eigenvalue weighted by Gasteiger charge is 2.14. The standard InChI is InChI=1S/C14H9Cl2N3O/c15-11-6-2-5-10(12(11)16)13-18-14(20-19-13)8-3-1-4-9(17)7-8/h1-7H,17H2. The Morgan fingerprint density at radius 1 is 1.05 bits per heavy atom. The quantitative estimate of drug-likeness (QED) is 0.717. The van der Waals surface area contributed by atoms with E-state index < -0.39 is 0 Å². The van der Waals surface area contributed by atoms with Gasteiger partial charge in [-0.05, 0) is 30.3 Å². The van der Waals surface area contributed by atoms with E-state index >= 15 is 0 Å². The number of anilines is 1. The van der Waals surface area contributed by atoms with Crippen molar-refractivity contribution in [3.8, 4) is 22.8 Å². The second-order valence-electron chi connectivity index (χ2n) is 4.15. The minimum atomic E-state index is 0.378. The number of nitrogen functional groups attached to an aromatic ring is 1. The van der Waals surface area contributed by atoms with E-state index in [1.165, 1.54) is 0 Å². The molecule has 6 heteroatoms. The summed E-state index contributed by atoms with van der Waals surface area (Å²) in [6.45, 7) is 0. The second-order valence-corrected chi connectivity index (χ2v) is 4.94. The molecule has 0 saturated heterocycles. The highest BCUT2D eigenvalue weighted by molar-refractivity contribution is 6.43. The molecule has 1 aromatic heterocycles. The van der Waals surface area contributed by atoms with Crippen molar-refractivity contribution < 1.29 is 4.52 Å². The van der Waals surface area contributed by atoms with E-state index in [0.717, 1.165) is 5.56 Å². The first-order valence-electron chi connectivity index (χ1n) is 5.79. The Hall–Kier alpha value is -2.04. The van der Waals surface area contributed by atoms with Crippen molar-refractivity contribution in [1.29, 1.82) is 0 Å².